The van der Waals surface area contributed by atoms with Crippen LogP contribution in [0.3, 0.4) is 0 Å². The fourth-order valence-corrected chi connectivity index (χ4v) is 3.08. The molecule has 4 heteroatoms. The maximum Gasteiger partial charge on any atom is 0.235 e. The molecule has 0 radical (unpaired) electrons. The lowest BCUT2D eigenvalue weighted by molar-refractivity contribution is 0.686. The second-order valence-corrected chi connectivity index (χ2v) is 5.70. The van der Waals surface area contributed by atoms with Gasteiger partial charge in [0.25, 0.3) is 0 Å². The van der Waals surface area contributed by atoms with Crippen LogP contribution < -0.4 is 5.32 Å². The maximum absolute atomic E-state index is 4.42. The summed E-state index contributed by atoms with van der Waals surface area (Å²) >= 11 is 0. The van der Waals surface area contributed by atoms with Gasteiger partial charge in [-0.15, -0.1) is 0 Å². The van der Waals surface area contributed by atoms with Crippen LogP contribution >= 0.6 is 0 Å². The zero-order valence-corrected chi connectivity index (χ0v) is 12.1. The molecule has 0 fully saturated rings. The second kappa shape index (κ2) is 4.88. The normalized spacial score (nSPS) is 14.1. The number of aryl methyl sites for hydroxylation is 3. The van der Waals surface area contributed by atoms with Crippen molar-refractivity contribution < 1.29 is 0 Å². The lowest BCUT2D eigenvalue weighted by Gasteiger charge is -2.17. The molecular formula is C17H18N4. The maximum atomic E-state index is 4.42. The minimum absolute atomic E-state index is 0.732. The number of aromatic nitrogens is 3. The van der Waals surface area contributed by atoms with E-state index in [0.29, 0.717) is 0 Å². The van der Waals surface area contributed by atoms with Gasteiger partial charge in [-0.1, -0.05) is 6.07 Å². The monoisotopic (exact) mass is 278 g/mol. The number of imidazole rings is 1. The molecule has 0 spiro atoms. The molecule has 0 bridgehead atoms. The topological polar surface area (TPSA) is 42.2 Å². The first-order valence-corrected chi connectivity index (χ1v) is 7.49. The molecule has 1 N–H and O–H groups in total. The van der Waals surface area contributed by atoms with Crippen molar-refractivity contribution in [3.8, 4) is 0 Å². The Balaban J connectivity index is 1.72. The quantitative estimate of drug-likeness (QED) is 0.778. The summed E-state index contributed by atoms with van der Waals surface area (Å²) in [5.74, 6) is 1.74. The molecule has 2 aromatic heterocycles. The fraction of sp³-hybridized carbons (Fsp3) is 0.294. The molecule has 0 unspecified atom stereocenters. The van der Waals surface area contributed by atoms with Crippen LogP contribution in [-0.4, -0.2) is 14.4 Å². The van der Waals surface area contributed by atoms with Gasteiger partial charge < -0.3 is 5.32 Å². The first kappa shape index (κ1) is 12.4. The van der Waals surface area contributed by atoms with Crippen LogP contribution in [0.2, 0.25) is 0 Å². The largest absolute Gasteiger partial charge is 0.341 e. The van der Waals surface area contributed by atoms with Gasteiger partial charge in [-0.05, 0) is 55.9 Å². The molecule has 4 rings (SSSR count). The van der Waals surface area contributed by atoms with Crippen molar-refractivity contribution in [3.63, 3.8) is 0 Å². The van der Waals surface area contributed by atoms with Crippen LogP contribution in [-0.2, 0) is 12.8 Å². The Hall–Kier alpha value is -2.36. The van der Waals surface area contributed by atoms with Gasteiger partial charge in [0.05, 0.1) is 0 Å². The third kappa shape index (κ3) is 2.27. The summed E-state index contributed by atoms with van der Waals surface area (Å²) < 4.78 is 1.98. The molecule has 0 aliphatic heterocycles. The van der Waals surface area contributed by atoms with Crippen molar-refractivity contribution >= 4 is 17.3 Å². The number of benzene rings is 1. The van der Waals surface area contributed by atoms with Crippen molar-refractivity contribution in [1.29, 1.82) is 0 Å². The van der Waals surface area contributed by atoms with Crippen LogP contribution in [0.5, 0.6) is 0 Å². The average molecular weight is 278 g/mol. The summed E-state index contributed by atoms with van der Waals surface area (Å²) in [6.07, 6.45) is 8.74. The van der Waals surface area contributed by atoms with Gasteiger partial charge >= 0.3 is 0 Å². The van der Waals surface area contributed by atoms with Crippen molar-refractivity contribution in [2.45, 2.75) is 32.6 Å². The zero-order chi connectivity index (χ0) is 14.2. The third-order valence-electron chi connectivity index (χ3n) is 4.12. The average Bonchev–Trinajstić information content (AvgIpc) is 2.95. The Morgan fingerprint density at radius 3 is 2.86 bits per heavy atom. The van der Waals surface area contributed by atoms with Gasteiger partial charge in [0, 0.05) is 29.8 Å². The predicted molar refractivity (Wildman–Crippen MR) is 84.1 cm³/mol. The van der Waals surface area contributed by atoms with E-state index in [2.05, 4.69) is 33.5 Å². The zero-order valence-electron chi connectivity index (χ0n) is 12.1. The van der Waals surface area contributed by atoms with E-state index < -0.39 is 0 Å². The van der Waals surface area contributed by atoms with E-state index in [1.165, 1.54) is 36.8 Å². The Kier molecular flexibility index (Phi) is 2.88. The molecule has 4 nitrogen and oxygen atoms in total. The number of anilines is 2. The Morgan fingerprint density at radius 1 is 1.10 bits per heavy atom. The van der Waals surface area contributed by atoms with Gasteiger partial charge in [-0.3, -0.25) is 4.40 Å². The lowest BCUT2D eigenvalue weighted by atomic mass is 9.91. The summed E-state index contributed by atoms with van der Waals surface area (Å²) in [5.41, 5.74) is 5.09. The summed E-state index contributed by atoms with van der Waals surface area (Å²) in [6.45, 7) is 1.99. The Labute approximate surface area is 123 Å². The highest BCUT2D eigenvalue weighted by Gasteiger charge is 2.10. The van der Waals surface area contributed by atoms with E-state index in [9.17, 15) is 0 Å². The predicted octanol–water partition coefficient (Wildman–Crippen LogP) is 3.66. The lowest BCUT2D eigenvalue weighted by Crippen LogP contribution is -2.05. The van der Waals surface area contributed by atoms with Gasteiger partial charge in [-0.25, -0.2) is 9.97 Å². The standard InChI is InChI=1S/C17H18N4/c1-12-10-16(21-9-8-18-17(21)19-12)20-15-7-6-13-4-2-3-5-14(13)11-15/h6-11,20H,2-5H2,1H3. The fourth-order valence-electron chi connectivity index (χ4n) is 3.08. The second-order valence-electron chi connectivity index (χ2n) is 5.70. The van der Waals surface area contributed by atoms with E-state index in [1.54, 1.807) is 6.20 Å². The summed E-state index contributed by atoms with van der Waals surface area (Å²) in [6, 6.07) is 8.76. The summed E-state index contributed by atoms with van der Waals surface area (Å²) in [5, 5.41) is 3.51. The van der Waals surface area contributed by atoms with E-state index in [-0.39, 0.29) is 0 Å². The highest BCUT2D eigenvalue weighted by Crippen LogP contribution is 2.26. The molecule has 3 aromatic rings. The molecule has 21 heavy (non-hydrogen) atoms. The Morgan fingerprint density at radius 2 is 1.95 bits per heavy atom. The molecular weight excluding hydrogens is 260 g/mol. The van der Waals surface area contributed by atoms with Gasteiger partial charge in [0.15, 0.2) is 0 Å². The molecule has 106 valence electrons. The van der Waals surface area contributed by atoms with E-state index in [4.69, 9.17) is 0 Å². The number of hydrogen-bond acceptors (Lipinski definition) is 3. The summed E-state index contributed by atoms with van der Waals surface area (Å²) in [7, 11) is 0. The smallest absolute Gasteiger partial charge is 0.235 e. The van der Waals surface area contributed by atoms with E-state index in [1.807, 2.05) is 23.6 Å². The molecule has 2 heterocycles. The van der Waals surface area contributed by atoms with Crippen LogP contribution in [0.15, 0.2) is 36.7 Å². The summed E-state index contributed by atoms with van der Waals surface area (Å²) in [4.78, 5) is 8.68. The number of hydrogen-bond donors (Lipinski definition) is 1. The molecule has 0 amide bonds. The van der Waals surface area contributed by atoms with Crippen LogP contribution in [0.25, 0.3) is 5.78 Å². The third-order valence-corrected chi connectivity index (χ3v) is 4.12. The minimum Gasteiger partial charge on any atom is -0.341 e. The van der Waals surface area contributed by atoms with E-state index in [0.717, 1.165) is 23.0 Å². The number of nitrogens with one attached hydrogen (secondary N) is 1. The van der Waals surface area contributed by atoms with Gasteiger partial charge in [-0.2, -0.15) is 0 Å². The van der Waals surface area contributed by atoms with Crippen LogP contribution in [0, 0.1) is 6.92 Å². The van der Waals surface area contributed by atoms with Crippen LogP contribution in [0.1, 0.15) is 29.7 Å². The highest BCUT2D eigenvalue weighted by molar-refractivity contribution is 5.61. The number of fused-ring (bicyclic) bond motifs is 2. The van der Waals surface area contributed by atoms with Crippen molar-refractivity contribution in [2.24, 2.45) is 0 Å². The number of nitrogens with zero attached hydrogens (tertiary/aromatic N) is 3. The Bertz CT molecular complexity index is 804. The molecule has 1 aliphatic rings. The first-order chi connectivity index (χ1) is 10.3. The van der Waals surface area contributed by atoms with Crippen molar-refractivity contribution in [1.82, 2.24) is 14.4 Å². The molecule has 1 aliphatic carbocycles. The molecule has 0 saturated heterocycles. The molecule has 0 atom stereocenters. The van der Waals surface area contributed by atoms with Crippen molar-refractivity contribution in [2.75, 3.05) is 5.32 Å². The SMILES string of the molecule is Cc1cc(Nc2ccc3c(c2)CCCC3)n2ccnc2n1. The minimum atomic E-state index is 0.732. The van der Waals surface area contributed by atoms with Gasteiger partial charge in [0.2, 0.25) is 5.78 Å². The highest BCUT2D eigenvalue weighted by atomic mass is 15.2. The van der Waals surface area contributed by atoms with Gasteiger partial charge in [0.1, 0.15) is 5.82 Å². The number of rotatable bonds is 2. The first-order valence-electron chi connectivity index (χ1n) is 7.49. The van der Waals surface area contributed by atoms with Crippen LogP contribution in [0.4, 0.5) is 11.5 Å². The van der Waals surface area contributed by atoms with E-state index >= 15 is 0 Å². The van der Waals surface area contributed by atoms with Crippen molar-refractivity contribution in [3.05, 3.63) is 53.5 Å². The molecule has 1 aromatic carbocycles. The molecule has 0 saturated carbocycles.